The first kappa shape index (κ1) is 17.3. The third-order valence-electron chi connectivity index (χ3n) is 5.22. The number of anilines is 2. The molecule has 0 bridgehead atoms. The highest BCUT2D eigenvalue weighted by Gasteiger charge is 2.40. The van der Waals surface area contributed by atoms with Crippen molar-refractivity contribution in [2.24, 2.45) is 4.99 Å². The second kappa shape index (κ2) is 7.23. The van der Waals surface area contributed by atoms with Crippen molar-refractivity contribution < 1.29 is 0 Å². The van der Waals surface area contributed by atoms with Gasteiger partial charge in [0.05, 0.1) is 16.9 Å². The number of thioether (sulfide) groups is 1. The zero-order valence-corrected chi connectivity index (χ0v) is 16.3. The van der Waals surface area contributed by atoms with Gasteiger partial charge >= 0.3 is 0 Å². The Bertz CT molecular complexity index is 792. The van der Waals surface area contributed by atoms with Crippen LogP contribution in [0.25, 0.3) is 0 Å². The zero-order chi connectivity index (χ0) is 18.0. The van der Waals surface area contributed by atoms with Gasteiger partial charge in [-0.15, -0.1) is 0 Å². The number of nitrogens with one attached hydrogen (secondary N) is 2. The molecule has 0 saturated carbocycles. The third-order valence-corrected chi connectivity index (χ3v) is 6.21. The van der Waals surface area contributed by atoms with E-state index in [0.29, 0.717) is 0 Å². The molecule has 0 radical (unpaired) electrons. The van der Waals surface area contributed by atoms with Gasteiger partial charge in [-0.05, 0) is 54.2 Å². The van der Waals surface area contributed by atoms with Crippen LogP contribution >= 0.6 is 11.8 Å². The Balaban J connectivity index is 1.56. The second-order valence-corrected chi connectivity index (χ2v) is 8.44. The monoisotopic (exact) mass is 366 g/mol. The summed E-state index contributed by atoms with van der Waals surface area (Å²) in [6.07, 6.45) is 2.22. The summed E-state index contributed by atoms with van der Waals surface area (Å²) in [5.41, 5.74) is 4.63. The largest absolute Gasteiger partial charge is 0.378 e. The second-order valence-electron chi connectivity index (χ2n) is 7.21. The van der Waals surface area contributed by atoms with Gasteiger partial charge in [0.2, 0.25) is 0 Å². The standard InChI is InChI=1S/C21H26N4S/c1-25(2)17-9-7-16(8-10-17)15-22-20-21(11-13-26-14-12-21)24-19-6-4-3-5-18(19)23-20/h3-10,24H,11-15H2,1-2H3,(H,22,23). The number of aliphatic imine (C=N–C) groups is 1. The number of para-hydroxylation sites is 2. The first-order chi connectivity index (χ1) is 12.7. The fourth-order valence-electron chi connectivity index (χ4n) is 3.61. The quantitative estimate of drug-likeness (QED) is 0.851. The molecule has 0 amide bonds. The average Bonchev–Trinajstić information content (AvgIpc) is 2.67. The van der Waals surface area contributed by atoms with Crippen molar-refractivity contribution >= 4 is 34.7 Å². The number of hydrogen-bond acceptors (Lipinski definition) is 5. The van der Waals surface area contributed by atoms with Crippen LogP contribution in [0.1, 0.15) is 18.4 Å². The van der Waals surface area contributed by atoms with Gasteiger partial charge in [-0.25, -0.2) is 4.99 Å². The summed E-state index contributed by atoms with van der Waals surface area (Å²) in [5.74, 6) is 3.44. The molecule has 2 N–H and O–H groups in total. The minimum atomic E-state index is -0.0524. The highest BCUT2D eigenvalue weighted by molar-refractivity contribution is 7.99. The summed E-state index contributed by atoms with van der Waals surface area (Å²) < 4.78 is 0. The minimum absolute atomic E-state index is 0.0524. The number of nitrogens with zero attached hydrogens (tertiary/aromatic N) is 2. The molecule has 26 heavy (non-hydrogen) atoms. The lowest BCUT2D eigenvalue weighted by molar-refractivity contribution is 0.543. The van der Waals surface area contributed by atoms with Crippen LogP contribution in [0.15, 0.2) is 53.5 Å². The van der Waals surface area contributed by atoms with Gasteiger partial charge in [-0.2, -0.15) is 11.8 Å². The van der Waals surface area contributed by atoms with E-state index in [9.17, 15) is 0 Å². The van der Waals surface area contributed by atoms with Crippen molar-refractivity contribution in [1.82, 2.24) is 5.32 Å². The zero-order valence-electron chi connectivity index (χ0n) is 15.5. The fraction of sp³-hybridized carbons (Fsp3) is 0.381. The van der Waals surface area contributed by atoms with Crippen LogP contribution in [0.2, 0.25) is 0 Å². The topological polar surface area (TPSA) is 39.7 Å². The molecule has 4 rings (SSSR count). The van der Waals surface area contributed by atoms with E-state index in [-0.39, 0.29) is 5.54 Å². The Kier molecular flexibility index (Phi) is 4.81. The smallest absolute Gasteiger partial charge is 0.128 e. The van der Waals surface area contributed by atoms with E-state index in [2.05, 4.69) is 78.2 Å². The van der Waals surface area contributed by atoms with Gasteiger partial charge in [-0.1, -0.05) is 24.3 Å². The molecule has 1 saturated heterocycles. The summed E-state index contributed by atoms with van der Waals surface area (Å²) in [6.45, 7) is 0.797. The van der Waals surface area contributed by atoms with Crippen LogP contribution < -0.4 is 15.5 Å². The Hall–Kier alpha value is -2.14. The molecule has 2 aromatic rings. The van der Waals surface area contributed by atoms with Crippen molar-refractivity contribution in [1.29, 1.82) is 0 Å². The normalized spacial score (nSPS) is 17.8. The Morgan fingerprint density at radius 1 is 1.08 bits per heavy atom. The summed E-state index contributed by atoms with van der Waals surface area (Å²) in [6, 6.07) is 17.1. The molecule has 2 aliphatic rings. The van der Waals surface area contributed by atoms with Gasteiger partial charge in [-0.3, -0.25) is 0 Å². The van der Waals surface area contributed by atoms with Crippen molar-refractivity contribution in [3.63, 3.8) is 0 Å². The van der Waals surface area contributed by atoms with Crippen LogP contribution in [0.3, 0.4) is 0 Å². The van der Waals surface area contributed by atoms with Gasteiger partial charge in [0.25, 0.3) is 0 Å². The average molecular weight is 367 g/mol. The van der Waals surface area contributed by atoms with E-state index in [1.54, 1.807) is 0 Å². The molecule has 4 nitrogen and oxygen atoms in total. The van der Waals surface area contributed by atoms with Gasteiger partial charge < -0.3 is 15.5 Å². The molecular weight excluding hydrogens is 340 g/mol. The van der Waals surface area contributed by atoms with E-state index in [1.165, 1.54) is 22.8 Å². The summed E-state index contributed by atoms with van der Waals surface area (Å²) >= 11 is 2.04. The summed E-state index contributed by atoms with van der Waals surface area (Å²) in [4.78, 5) is 7.13. The van der Waals surface area contributed by atoms with Crippen LogP contribution in [0.5, 0.6) is 0 Å². The summed E-state index contributed by atoms with van der Waals surface area (Å²) in [7, 11) is 4.13. The molecule has 2 aromatic carbocycles. The maximum Gasteiger partial charge on any atom is 0.128 e. The van der Waals surface area contributed by atoms with Crippen molar-refractivity contribution in [2.45, 2.75) is 24.9 Å². The van der Waals surface area contributed by atoms with E-state index >= 15 is 0 Å². The first-order valence-electron chi connectivity index (χ1n) is 9.21. The lowest BCUT2D eigenvalue weighted by Crippen LogP contribution is -2.55. The van der Waals surface area contributed by atoms with Gasteiger partial charge in [0.1, 0.15) is 5.84 Å². The van der Waals surface area contributed by atoms with Crippen LogP contribution in [0.4, 0.5) is 17.1 Å². The molecule has 2 aliphatic heterocycles. The van der Waals surface area contributed by atoms with Crippen LogP contribution in [-0.4, -0.2) is 37.0 Å². The third kappa shape index (κ3) is 3.40. The Morgan fingerprint density at radius 2 is 1.81 bits per heavy atom. The molecule has 1 spiro atoms. The molecule has 0 atom stereocenters. The molecule has 1 fully saturated rings. The maximum absolute atomic E-state index is 5.01. The molecule has 2 heterocycles. The van der Waals surface area contributed by atoms with Crippen LogP contribution in [0, 0.1) is 0 Å². The summed E-state index contributed by atoms with van der Waals surface area (Å²) in [5, 5.41) is 7.46. The van der Waals surface area contributed by atoms with Crippen molar-refractivity contribution in [2.75, 3.05) is 35.8 Å². The lowest BCUT2D eigenvalue weighted by Gasteiger charge is -2.42. The predicted octanol–water partition coefficient (Wildman–Crippen LogP) is 4.26. The maximum atomic E-state index is 5.01. The van der Waals surface area contributed by atoms with E-state index in [4.69, 9.17) is 4.99 Å². The molecule has 0 aromatic heterocycles. The van der Waals surface area contributed by atoms with Crippen molar-refractivity contribution in [3.8, 4) is 0 Å². The number of rotatable bonds is 3. The van der Waals surface area contributed by atoms with Crippen LogP contribution in [-0.2, 0) is 6.54 Å². The molecule has 5 heteroatoms. The number of fused-ring (bicyclic) bond motifs is 1. The van der Waals surface area contributed by atoms with Crippen molar-refractivity contribution in [3.05, 3.63) is 54.1 Å². The number of benzene rings is 2. The number of amidine groups is 1. The van der Waals surface area contributed by atoms with E-state index < -0.39 is 0 Å². The van der Waals surface area contributed by atoms with Gasteiger partial charge in [0, 0.05) is 26.3 Å². The van der Waals surface area contributed by atoms with Gasteiger partial charge in [0.15, 0.2) is 0 Å². The Morgan fingerprint density at radius 3 is 2.54 bits per heavy atom. The molecule has 136 valence electrons. The highest BCUT2D eigenvalue weighted by atomic mass is 32.2. The fourth-order valence-corrected chi connectivity index (χ4v) is 4.80. The Labute approximate surface area is 160 Å². The van der Waals surface area contributed by atoms with E-state index in [0.717, 1.165) is 36.6 Å². The predicted molar refractivity (Wildman–Crippen MR) is 114 cm³/mol. The minimum Gasteiger partial charge on any atom is -0.378 e. The molecule has 0 aliphatic carbocycles. The lowest BCUT2D eigenvalue weighted by atomic mass is 9.88. The number of hydrogen-bond donors (Lipinski definition) is 2. The first-order valence-corrected chi connectivity index (χ1v) is 10.4. The molecular formula is C21H26N4S. The van der Waals surface area contributed by atoms with E-state index in [1.807, 2.05) is 11.8 Å². The molecule has 0 unspecified atom stereocenters. The SMILES string of the molecule is CN(C)c1ccc(CNC2=Nc3ccccc3NC23CCSCC3)cc1. The highest BCUT2D eigenvalue weighted by Crippen LogP contribution is 2.39.